The number of benzene rings is 2. The molecule has 51 heavy (non-hydrogen) atoms. The molecule has 12 heteroatoms. The molecular weight excluding hydrogens is 656 g/mol. The number of Topliss-reactive ketones (excluding diaryl/α,β-unsaturated/α-hetero) is 2. The molecule has 0 unspecified atom stereocenters. The molecule has 0 fully saturated rings. The summed E-state index contributed by atoms with van der Waals surface area (Å²) in [5.41, 5.74) is 2.59. The molecule has 0 aliphatic rings. The van der Waals surface area contributed by atoms with Crippen molar-refractivity contribution in [1.29, 1.82) is 0 Å². The monoisotopic (exact) mass is 710 g/mol. The van der Waals surface area contributed by atoms with Crippen molar-refractivity contribution in [2.75, 3.05) is 40.5 Å². The van der Waals surface area contributed by atoms with Crippen LogP contribution >= 0.6 is 0 Å². The Balaban J connectivity index is 2.06. The van der Waals surface area contributed by atoms with Gasteiger partial charge in [-0.25, -0.2) is 9.59 Å². The van der Waals surface area contributed by atoms with Crippen molar-refractivity contribution < 1.29 is 47.6 Å². The average Bonchev–Trinajstić information content (AvgIpc) is 3.05. The first kappa shape index (κ1) is 42.2. The van der Waals surface area contributed by atoms with Gasteiger partial charge in [-0.2, -0.15) is 0 Å². The number of carbonyl (C=O) groups excluding carboxylic acids is 4. The summed E-state index contributed by atoms with van der Waals surface area (Å²) in [5, 5.41) is 5.28. The molecule has 280 valence electrons. The van der Waals surface area contributed by atoms with Gasteiger partial charge in [0.2, 0.25) is 0 Å². The predicted molar refractivity (Wildman–Crippen MR) is 197 cm³/mol. The number of ketones is 2. The molecule has 0 aliphatic heterocycles. The minimum absolute atomic E-state index is 0.190. The molecule has 0 bridgehead atoms. The van der Waals surface area contributed by atoms with Crippen molar-refractivity contribution in [3.8, 4) is 23.0 Å². The van der Waals surface area contributed by atoms with E-state index >= 15 is 0 Å². The van der Waals surface area contributed by atoms with Crippen LogP contribution in [0.1, 0.15) is 86.8 Å². The van der Waals surface area contributed by atoms with Crippen LogP contribution in [0.3, 0.4) is 0 Å². The number of rotatable bonds is 16. The standard InChI is InChI=1S/C39H54N2O10/c1-24(28-13-15-32(34(21-28)46-11)48-19-17-40-36(44)50-38(5,6)7)26(3)30(42)23-31(43)27(4)25(2)29-14-16-33(35(22-29)47-12)49-20-18-41-37(45)51-39(8,9)10/h13-16,21-22H,17-20,23H2,1-12H3,(H,40,44)(H,41,45)/b26-24+,27-25+. The van der Waals surface area contributed by atoms with Crippen LogP contribution in [0.5, 0.6) is 23.0 Å². The SMILES string of the molecule is COc1cc(/C(C)=C(\C)C(=O)CC(=O)/C(C)=C(\C)c2ccc(OCCNC(=O)OC(C)(C)C)c(OC)c2)ccc1OCCNC(=O)OC(C)(C)C. The van der Waals surface area contributed by atoms with E-state index in [4.69, 9.17) is 28.4 Å². The van der Waals surface area contributed by atoms with Crippen LogP contribution in [-0.4, -0.2) is 75.5 Å². The Morgan fingerprint density at radius 2 is 0.922 bits per heavy atom. The Kier molecular flexibility index (Phi) is 15.6. The van der Waals surface area contributed by atoms with E-state index in [1.165, 1.54) is 14.2 Å². The lowest BCUT2D eigenvalue weighted by Crippen LogP contribution is -2.34. The molecule has 0 heterocycles. The van der Waals surface area contributed by atoms with E-state index in [0.717, 1.165) is 11.1 Å². The van der Waals surface area contributed by atoms with Crippen molar-refractivity contribution in [1.82, 2.24) is 10.6 Å². The van der Waals surface area contributed by atoms with E-state index in [-0.39, 0.29) is 44.3 Å². The number of ether oxygens (including phenoxy) is 6. The fourth-order valence-electron chi connectivity index (χ4n) is 4.56. The van der Waals surface area contributed by atoms with Crippen LogP contribution in [0.25, 0.3) is 11.1 Å². The fraction of sp³-hybridized carbons (Fsp3) is 0.487. The van der Waals surface area contributed by atoms with E-state index < -0.39 is 23.4 Å². The van der Waals surface area contributed by atoms with Gasteiger partial charge in [0.25, 0.3) is 0 Å². The predicted octanol–water partition coefficient (Wildman–Crippen LogP) is 7.33. The van der Waals surface area contributed by atoms with E-state index in [2.05, 4.69) is 10.6 Å². The van der Waals surface area contributed by atoms with Gasteiger partial charge in [-0.05, 0) is 127 Å². The molecule has 0 radical (unpaired) electrons. The maximum Gasteiger partial charge on any atom is 0.407 e. The minimum Gasteiger partial charge on any atom is -0.493 e. The highest BCUT2D eigenvalue weighted by atomic mass is 16.6. The number of allylic oxidation sites excluding steroid dienone is 4. The topological polar surface area (TPSA) is 148 Å². The second-order valence-electron chi connectivity index (χ2n) is 13.8. The minimum atomic E-state index is -0.595. The lowest BCUT2D eigenvalue weighted by molar-refractivity contribution is -0.123. The normalized spacial score (nSPS) is 12.5. The molecule has 0 aromatic heterocycles. The molecule has 2 N–H and O–H groups in total. The maximum atomic E-state index is 13.3. The third-order valence-electron chi connectivity index (χ3n) is 7.53. The van der Waals surface area contributed by atoms with Gasteiger partial charge in [0.1, 0.15) is 24.4 Å². The van der Waals surface area contributed by atoms with E-state index in [9.17, 15) is 19.2 Å². The summed E-state index contributed by atoms with van der Waals surface area (Å²) >= 11 is 0. The summed E-state index contributed by atoms with van der Waals surface area (Å²) in [4.78, 5) is 50.3. The fourth-order valence-corrected chi connectivity index (χ4v) is 4.56. The van der Waals surface area contributed by atoms with Crippen LogP contribution < -0.4 is 29.6 Å². The van der Waals surface area contributed by atoms with Crippen LogP contribution in [0.15, 0.2) is 47.5 Å². The second-order valence-corrected chi connectivity index (χ2v) is 13.8. The van der Waals surface area contributed by atoms with Gasteiger partial charge in [0.15, 0.2) is 34.6 Å². The van der Waals surface area contributed by atoms with Gasteiger partial charge in [0.05, 0.1) is 33.7 Å². The number of carbonyl (C=O) groups is 4. The molecule has 0 aliphatic carbocycles. The quantitative estimate of drug-likeness (QED) is 0.103. The Bertz CT molecular complexity index is 1510. The Labute approximate surface area is 301 Å². The first-order valence-corrected chi connectivity index (χ1v) is 16.7. The molecule has 0 spiro atoms. The Morgan fingerprint density at radius 1 is 0.569 bits per heavy atom. The molecule has 0 saturated carbocycles. The number of nitrogens with one attached hydrogen (secondary N) is 2. The van der Waals surface area contributed by atoms with Crippen molar-refractivity contribution in [3.05, 3.63) is 58.7 Å². The molecule has 2 aromatic rings. The summed E-state index contributed by atoms with van der Waals surface area (Å²) in [7, 11) is 3.03. The molecule has 12 nitrogen and oxygen atoms in total. The molecule has 2 aromatic carbocycles. The zero-order chi connectivity index (χ0) is 38.5. The van der Waals surface area contributed by atoms with Crippen LogP contribution in [0.4, 0.5) is 9.59 Å². The largest absolute Gasteiger partial charge is 0.493 e. The third-order valence-corrected chi connectivity index (χ3v) is 7.53. The number of alkyl carbamates (subject to hydrolysis) is 2. The highest BCUT2D eigenvalue weighted by Crippen LogP contribution is 2.33. The molecule has 0 saturated heterocycles. The molecule has 2 amide bonds. The van der Waals surface area contributed by atoms with Crippen molar-refractivity contribution in [2.45, 2.75) is 86.9 Å². The first-order chi connectivity index (χ1) is 23.8. The van der Waals surface area contributed by atoms with Crippen LogP contribution in [0, 0.1) is 0 Å². The summed E-state index contributed by atoms with van der Waals surface area (Å²) in [6.45, 7) is 18.6. The number of methoxy groups -OCH3 is 2. The van der Waals surface area contributed by atoms with Gasteiger partial charge in [-0.15, -0.1) is 0 Å². The highest BCUT2D eigenvalue weighted by Gasteiger charge is 2.20. The second kappa shape index (κ2) is 18.8. The maximum absolute atomic E-state index is 13.3. The van der Waals surface area contributed by atoms with Gasteiger partial charge in [-0.1, -0.05) is 12.1 Å². The summed E-state index contributed by atoms with van der Waals surface area (Å²) in [6, 6.07) is 10.6. The summed E-state index contributed by atoms with van der Waals surface area (Å²) < 4.78 is 33.1. The molecule has 0 atom stereocenters. The number of hydrogen-bond donors (Lipinski definition) is 2. The summed E-state index contributed by atoms with van der Waals surface area (Å²) in [6.07, 6.45) is -1.35. The number of amides is 2. The highest BCUT2D eigenvalue weighted by molar-refractivity contribution is 6.16. The average molecular weight is 711 g/mol. The van der Waals surface area contributed by atoms with Gasteiger partial charge in [0, 0.05) is 0 Å². The van der Waals surface area contributed by atoms with E-state index in [1.807, 2.05) is 13.8 Å². The zero-order valence-corrected chi connectivity index (χ0v) is 32.1. The smallest absolute Gasteiger partial charge is 0.407 e. The lowest BCUT2D eigenvalue weighted by atomic mass is 9.93. The zero-order valence-electron chi connectivity index (χ0n) is 32.1. The van der Waals surface area contributed by atoms with E-state index in [1.54, 1.807) is 91.8 Å². The van der Waals surface area contributed by atoms with Crippen LogP contribution in [0.2, 0.25) is 0 Å². The van der Waals surface area contributed by atoms with Gasteiger partial charge >= 0.3 is 12.2 Å². The third kappa shape index (κ3) is 14.0. The first-order valence-electron chi connectivity index (χ1n) is 16.7. The molecular formula is C39H54N2O10. The van der Waals surface area contributed by atoms with Gasteiger partial charge < -0.3 is 39.1 Å². The van der Waals surface area contributed by atoms with Crippen molar-refractivity contribution >= 4 is 34.9 Å². The summed E-state index contributed by atoms with van der Waals surface area (Å²) in [5.74, 6) is 1.28. The van der Waals surface area contributed by atoms with Crippen molar-refractivity contribution in [3.63, 3.8) is 0 Å². The number of hydrogen-bond acceptors (Lipinski definition) is 10. The molecule has 2 rings (SSSR count). The lowest BCUT2D eigenvalue weighted by Gasteiger charge is -2.19. The Morgan fingerprint density at radius 3 is 1.24 bits per heavy atom. The van der Waals surface area contributed by atoms with E-state index in [0.29, 0.717) is 45.3 Å². The van der Waals surface area contributed by atoms with Gasteiger partial charge in [-0.3, -0.25) is 9.59 Å². The Hall–Kier alpha value is -5.00. The van der Waals surface area contributed by atoms with Crippen LogP contribution in [-0.2, 0) is 19.1 Å². The van der Waals surface area contributed by atoms with Crippen molar-refractivity contribution in [2.24, 2.45) is 0 Å².